The Balaban J connectivity index is 1.62. The van der Waals surface area contributed by atoms with E-state index in [4.69, 9.17) is 10.2 Å². The lowest BCUT2D eigenvalue weighted by atomic mass is 9.80. The molecule has 0 N–H and O–H groups in total. The summed E-state index contributed by atoms with van der Waals surface area (Å²) in [5.41, 5.74) is 6.24. The molecule has 1 aliphatic rings. The van der Waals surface area contributed by atoms with Gasteiger partial charge >= 0.3 is 0 Å². The minimum atomic E-state index is -0.247. The highest BCUT2D eigenvalue weighted by molar-refractivity contribution is 5.75. The fourth-order valence-electron chi connectivity index (χ4n) is 3.84. The van der Waals surface area contributed by atoms with Gasteiger partial charge in [-0.2, -0.15) is 20.5 Å². The molecule has 5 rings (SSSR count). The van der Waals surface area contributed by atoms with Crippen LogP contribution >= 0.6 is 0 Å². The average molecular weight is 388 g/mol. The summed E-state index contributed by atoms with van der Waals surface area (Å²) in [4.78, 5) is 0. The van der Waals surface area contributed by atoms with E-state index in [2.05, 4.69) is 46.6 Å². The molecule has 4 nitrogen and oxygen atoms in total. The van der Waals surface area contributed by atoms with Crippen LogP contribution in [-0.2, 0) is 0 Å². The lowest BCUT2D eigenvalue weighted by Gasteiger charge is -2.29. The van der Waals surface area contributed by atoms with Crippen LogP contribution in [0, 0.1) is 0 Å². The number of azo groups is 2. The first-order valence-electron chi connectivity index (χ1n) is 10.0. The van der Waals surface area contributed by atoms with Gasteiger partial charge in [0.25, 0.3) is 0 Å². The predicted octanol–water partition coefficient (Wildman–Crippen LogP) is 8.02. The molecule has 0 saturated heterocycles. The van der Waals surface area contributed by atoms with Crippen molar-refractivity contribution in [2.75, 3.05) is 0 Å². The minimum absolute atomic E-state index is 0.247. The zero-order chi connectivity index (χ0) is 20.2. The van der Waals surface area contributed by atoms with Gasteiger partial charge in [0.1, 0.15) is 12.1 Å². The Morgan fingerprint density at radius 1 is 0.400 bits per heavy atom. The summed E-state index contributed by atoms with van der Waals surface area (Å²) in [6, 6.07) is 35.8. The second kappa shape index (κ2) is 8.21. The maximum Gasteiger partial charge on any atom is 0.125 e. The van der Waals surface area contributed by atoms with Gasteiger partial charge in [-0.1, -0.05) is 84.9 Å². The Hall–Kier alpha value is -3.92. The van der Waals surface area contributed by atoms with Crippen molar-refractivity contribution in [3.05, 3.63) is 120 Å². The third-order valence-corrected chi connectivity index (χ3v) is 5.26. The highest BCUT2D eigenvalue weighted by atomic mass is 15.2. The maximum atomic E-state index is 4.76. The normalized spacial score (nSPS) is 17.7. The van der Waals surface area contributed by atoms with Crippen LogP contribution in [0.1, 0.15) is 23.2 Å². The summed E-state index contributed by atoms with van der Waals surface area (Å²) in [5, 5.41) is 18.6. The van der Waals surface area contributed by atoms with Gasteiger partial charge in [0.2, 0.25) is 0 Å². The van der Waals surface area contributed by atoms with Gasteiger partial charge in [0.15, 0.2) is 0 Å². The molecule has 4 heteroatoms. The second-order valence-corrected chi connectivity index (χ2v) is 7.17. The molecule has 1 aliphatic carbocycles. The fraction of sp³-hybridized carbons (Fsp3) is 0.0769. The van der Waals surface area contributed by atoms with Gasteiger partial charge in [-0.05, 0) is 46.5 Å². The summed E-state index contributed by atoms with van der Waals surface area (Å²) in [6.07, 6.45) is 0. The van der Waals surface area contributed by atoms with Crippen molar-refractivity contribution in [1.82, 2.24) is 0 Å². The number of hydrogen-bond acceptors (Lipinski definition) is 4. The molecular weight excluding hydrogens is 368 g/mol. The monoisotopic (exact) mass is 388 g/mol. The molecule has 0 saturated carbocycles. The Kier molecular flexibility index (Phi) is 4.96. The Bertz CT molecular complexity index is 1100. The molecule has 0 aliphatic heterocycles. The van der Waals surface area contributed by atoms with E-state index in [0.29, 0.717) is 0 Å². The van der Waals surface area contributed by atoms with Crippen molar-refractivity contribution in [3.63, 3.8) is 0 Å². The van der Waals surface area contributed by atoms with E-state index in [-0.39, 0.29) is 12.1 Å². The smallest absolute Gasteiger partial charge is 0.125 e. The minimum Gasteiger partial charge on any atom is -0.178 e. The summed E-state index contributed by atoms with van der Waals surface area (Å²) in [7, 11) is 0. The van der Waals surface area contributed by atoms with Gasteiger partial charge in [-0.3, -0.25) is 0 Å². The van der Waals surface area contributed by atoms with E-state index in [9.17, 15) is 0 Å². The zero-order valence-electron chi connectivity index (χ0n) is 16.3. The van der Waals surface area contributed by atoms with Crippen molar-refractivity contribution < 1.29 is 0 Å². The molecule has 2 atom stereocenters. The van der Waals surface area contributed by atoms with Crippen LogP contribution < -0.4 is 0 Å². The van der Waals surface area contributed by atoms with Crippen LogP contribution in [0.4, 0.5) is 11.4 Å². The van der Waals surface area contributed by atoms with E-state index in [1.165, 1.54) is 11.1 Å². The molecule has 4 aromatic rings. The molecule has 2 unspecified atom stereocenters. The predicted molar refractivity (Wildman–Crippen MR) is 119 cm³/mol. The summed E-state index contributed by atoms with van der Waals surface area (Å²) >= 11 is 0. The number of hydrogen-bond donors (Lipinski definition) is 0. The van der Waals surface area contributed by atoms with Crippen LogP contribution in [0.5, 0.6) is 0 Å². The topological polar surface area (TPSA) is 49.4 Å². The van der Waals surface area contributed by atoms with Crippen molar-refractivity contribution in [2.24, 2.45) is 20.5 Å². The number of fused-ring (bicyclic) bond motifs is 3. The first kappa shape index (κ1) is 18.1. The SMILES string of the molecule is c1ccc(N=NC2c3ccccc3-c3ccccc3C2N=Nc2ccccc2)cc1. The first-order valence-corrected chi connectivity index (χ1v) is 10.0. The van der Waals surface area contributed by atoms with Gasteiger partial charge in [0.05, 0.1) is 11.4 Å². The standard InChI is InChI=1S/C26H20N4/c1-3-11-19(12-4-1)27-29-25-23-17-9-7-15-21(23)22-16-8-10-18-24(22)26(25)30-28-20-13-5-2-6-14-20/h1-18,25-26H. The number of benzene rings is 4. The van der Waals surface area contributed by atoms with Gasteiger partial charge in [0, 0.05) is 0 Å². The van der Waals surface area contributed by atoms with E-state index in [1.54, 1.807) is 0 Å². The number of nitrogens with zero attached hydrogens (tertiary/aromatic N) is 4. The summed E-state index contributed by atoms with van der Waals surface area (Å²) in [6.45, 7) is 0. The Morgan fingerprint density at radius 3 is 1.20 bits per heavy atom. The molecule has 0 heterocycles. The molecule has 0 aromatic heterocycles. The maximum absolute atomic E-state index is 4.76. The van der Waals surface area contributed by atoms with Gasteiger partial charge < -0.3 is 0 Å². The van der Waals surface area contributed by atoms with E-state index in [0.717, 1.165) is 22.5 Å². The summed E-state index contributed by atoms with van der Waals surface area (Å²) in [5.74, 6) is 0. The molecular formula is C26H20N4. The molecule has 0 spiro atoms. The van der Waals surface area contributed by atoms with Crippen molar-refractivity contribution in [2.45, 2.75) is 12.1 Å². The fourth-order valence-corrected chi connectivity index (χ4v) is 3.84. The third kappa shape index (κ3) is 3.55. The highest BCUT2D eigenvalue weighted by Crippen LogP contribution is 2.48. The molecule has 4 aromatic carbocycles. The molecule has 0 fully saturated rings. The van der Waals surface area contributed by atoms with Crippen LogP contribution in [-0.4, -0.2) is 0 Å². The molecule has 0 radical (unpaired) electrons. The lowest BCUT2D eigenvalue weighted by molar-refractivity contribution is 0.532. The quantitative estimate of drug-likeness (QED) is 0.318. The van der Waals surface area contributed by atoms with Crippen LogP contribution in [0.2, 0.25) is 0 Å². The number of rotatable bonds is 4. The van der Waals surface area contributed by atoms with Gasteiger partial charge in [-0.15, -0.1) is 0 Å². The molecule has 0 amide bonds. The van der Waals surface area contributed by atoms with E-state index >= 15 is 0 Å². The Labute approximate surface area is 175 Å². The highest BCUT2D eigenvalue weighted by Gasteiger charge is 2.34. The van der Waals surface area contributed by atoms with Crippen molar-refractivity contribution in [1.29, 1.82) is 0 Å². The van der Waals surface area contributed by atoms with Crippen LogP contribution in [0.3, 0.4) is 0 Å². The van der Waals surface area contributed by atoms with Crippen molar-refractivity contribution >= 4 is 11.4 Å². The lowest BCUT2D eigenvalue weighted by Crippen LogP contribution is -2.14. The van der Waals surface area contributed by atoms with E-state index in [1.807, 2.05) is 72.8 Å². The van der Waals surface area contributed by atoms with Crippen LogP contribution in [0.25, 0.3) is 11.1 Å². The van der Waals surface area contributed by atoms with Crippen LogP contribution in [0.15, 0.2) is 130 Å². The van der Waals surface area contributed by atoms with Crippen molar-refractivity contribution in [3.8, 4) is 11.1 Å². The average Bonchev–Trinajstić information content (AvgIpc) is 2.83. The summed E-state index contributed by atoms with van der Waals surface area (Å²) < 4.78 is 0. The molecule has 144 valence electrons. The largest absolute Gasteiger partial charge is 0.178 e. The Morgan fingerprint density at radius 2 is 0.767 bits per heavy atom. The molecule has 0 bridgehead atoms. The van der Waals surface area contributed by atoms with E-state index < -0.39 is 0 Å². The zero-order valence-corrected chi connectivity index (χ0v) is 16.3. The second-order valence-electron chi connectivity index (χ2n) is 7.17. The first-order chi connectivity index (χ1) is 14.9. The molecule has 30 heavy (non-hydrogen) atoms. The third-order valence-electron chi connectivity index (χ3n) is 5.26. The van der Waals surface area contributed by atoms with Gasteiger partial charge in [-0.25, -0.2) is 0 Å².